The fourth-order valence-corrected chi connectivity index (χ4v) is 2.74. The van der Waals surface area contributed by atoms with Gasteiger partial charge in [-0.25, -0.2) is 0 Å². The number of nitrogens with zero attached hydrogens (tertiary/aromatic N) is 1. The van der Waals surface area contributed by atoms with Crippen molar-refractivity contribution < 1.29 is 0 Å². The number of nitrogens with two attached hydrogens (primary N) is 1. The van der Waals surface area contributed by atoms with Crippen LogP contribution >= 0.6 is 27.5 Å². The van der Waals surface area contributed by atoms with Crippen molar-refractivity contribution in [3.05, 3.63) is 33.3 Å². The second-order valence-electron chi connectivity index (χ2n) is 4.36. The standard InChI is InChI=1S/C12H16BrClN2/c13-11-1-2-12(14)10(5-11)8-16-4-3-9(6-15)7-16/h1-2,5,9H,3-4,6-8,15H2. The van der Waals surface area contributed by atoms with E-state index >= 15 is 0 Å². The molecule has 2 nitrogen and oxygen atoms in total. The average molecular weight is 304 g/mol. The van der Waals surface area contributed by atoms with E-state index in [1.54, 1.807) is 0 Å². The lowest BCUT2D eigenvalue weighted by atomic mass is 10.1. The molecule has 0 amide bonds. The van der Waals surface area contributed by atoms with E-state index in [0.29, 0.717) is 5.92 Å². The molecule has 1 aromatic rings. The average Bonchev–Trinajstić information content (AvgIpc) is 2.71. The summed E-state index contributed by atoms with van der Waals surface area (Å²) < 4.78 is 1.08. The minimum atomic E-state index is 0.658. The third-order valence-electron chi connectivity index (χ3n) is 3.11. The van der Waals surface area contributed by atoms with Crippen molar-refractivity contribution in [2.45, 2.75) is 13.0 Å². The summed E-state index contributed by atoms with van der Waals surface area (Å²) in [7, 11) is 0. The van der Waals surface area contributed by atoms with Crippen LogP contribution in [-0.2, 0) is 6.54 Å². The Morgan fingerprint density at radius 3 is 3.00 bits per heavy atom. The fraction of sp³-hybridized carbons (Fsp3) is 0.500. The highest BCUT2D eigenvalue weighted by atomic mass is 79.9. The smallest absolute Gasteiger partial charge is 0.0451 e. The Bertz CT molecular complexity index is 370. The van der Waals surface area contributed by atoms with Gasteiger partial charge in [-0.2, -0.15) is 0 Å². The Balaban J connectivity index is 2.01. The molecule has 1 atom stereocenters. The molecule has 1 aliphatic heterocycles. The zero-order valence-corrected chi connectivity index (χ0v) is 11.5. The molecule has 16 heavy (non-hydrogen) atoms. The molecule has 0 aliphatic carbocycles. The van der Waals surface area contributed by atoms with Crippen LogP contribution in [0.15, 0.2) is 22.7 Å². The van der Waals surface area contributed by atoms with Crippen LogP contribution < -0.4 is 5.73 Å². The van der Waals surface area contributed by atoms with E-state index in [0.717, 1.165) is 35.7 Å². The van der Waals surface area contributed by atoms with Crippen LogP contribution in [0.5, 0.6) is 0 Å². The molecule has 0 radical (unpaired) electrons. The van der Waals surface area contributed by atoms with Gasteiger partial charge in [-0.05, 0) is 49.2 Å². The molecule has 1 heterocycles. The quantitative estimate of drug-likeness (QED) is 0.930. The first kappa shape index (κ1) is 12.4. The van der Waals surface area contributed by atoms with Crippen LogP contribution in [0.2, 0.25) is 5.02 Å². The SMILES string of the molecule is NCC1CCN(Cc2cc(Br)ccc2Cl)C1. The highest BCUT2D eigenvalue weighted by Crippen LogP contribution is 2.24. The van der Waals surface area contributed by atoms with Gasteiger partial charge >= 0.3 is 0 Å². The van der Waals surface area contributed by atoms with Crippen molar-refractivity contribution in [2.75, 3.05) is 19.6 Å². The van der Waals surface area contributed by atoms with Gasteiger partial charge < -0.3 is 5.73 Å². The van der Waals surface area contributed by atoms with Gasteiger partial charge in [-0.1, -0.05) is 27.5 Å². The van der Waals surface area contributed by atoms with Crippen LogP contribution in [0.1, 0.15) is 12.0 Å². The molecule has 0 saturated carbocycles. The monoisotopic (exact) mass is 302 g/mol. The van der Waals surface area contributed by atoms with Crippen molar-refractivity contribution in [3.63, 3.8) is 0 Å². The third kappa shape index (κ3) is 2.98. The van der Waals surface area contributed by atoms with Crippen molar-refractivity contribution in [1.82, 2.24) is 4.90 Å². The Morgan fingerprint density at radius 1 is 1.50 bits per heavy atom. The van der Waals surface area contributed by atoms with E-state index in [4.69, 9.17) is 17.3 Å². The summed E-state index contributed by atoms with van der Waals surface area (Å²) in [6, 6.07) is 6.01. The number of rotatable bonds is 3. The van der Waals surface area contributed by atoms with Crippen molar-refractivity contribution >= 4 is 27.5 Å². The summed E-state index contributed by atoms with van der Waals surface area (Å²) in [5.41, 5.74) is 6.87. The van der Waals surface area contributed by atoms with Gasteiger partial charge in [-0.15, -0.1) is 0 Å². The first-order valence-corrected chi connectivity index (χ1v) is 6.72. The normalized spacial score (nSPS) is 21.6. The van der Waals surface area contributed by atoms with Crippen molar-refractivity contribution in [3.8, 4) is 0 Å². The summed E-state index contributed by atoms with van der Waals surface area (Å²) in [4.78, 5) is 2.42. The van der Waals surface area contributed by atoms with E-state index < -0.39 is 0 Å². The zero-order valence-electron chi connectivity index (χ0n) is 9.13. The van der Waals surface area contributed by atoms with Crippen LogP contribution in [0.3, 0.4) is 0 Å². The van der Waals surface area contributed by atoms with E-state index in [-0.39, 0.29) is 0 Å². The Hall–Kier alpha value is -0.0900. The van der Waals surface area contributed by atoms with Gasteiger partial charge in [0.25, 0.3) is 0 Å². The summed E-state index contributed by atoms with van der Waals surface area (Å²) >= 11 is 9.65. The van der Waals surface area contributed by atoms with Crippen molar-refractivity contribution in [2.24, 2.45) is 11.7 Å². The van der Waals surface area contributed by atoms with Gasteiger partial charge in [0.1, 0.15) is 0 Å². The van der Waals surface area contributed by atoms with E-state index in [1.165, 1.54) is 12.0 Å². The molecule has 0 spiro atoms. The summed E-state index contributed by atoms with van der Waals surface area (Å²) in [5.74, 6) is 0.658. The molecular formula is C12H16BrClN2. The van der Waals surface area contributed by atoms with Gasteiger partial charge in [0.15, 0.2) is 0 Å². The maximum Gasteiger partial charge on any atom is 0.0451 e. The van der Waals surface area contributed by atoms with Crippen molar-refractivity contribution in [1.29, 1.82) is 0 Å². The molecule has 4 heteroatoms. The van der Waals surface area contributed by atoms with Gasteiger partial charge in [0.05, 0.1) is 0 Å². The predicted octanol–water partition coefficient (Wildman–Crippen LogP) is 2.88. The maximum atomic E-state index is 6.17. The topological polar surface area (TPSA) is 29.3 Å². The number of hydrogen-bond acceptors (Lipinski definition) is 2. The molecule has 88 valence electrons. The molecule has 1 fully saturated rings. The highest BCUT2D eigenvalue weighted by Gasteiger charge is 2.21. The molecule has 2 rings (SSSR count). The molecule has 1 saturated heterocycles. The van der Waals surface area contributed by atoms with Crippen LogP contribution in [0.4, 0.5) is 0 Å². The summed E-state index contributed by atoms with van der Waals surface area (Å²) in [6.07, 6.45) is 1.21. The number of likely N-dealkylation sites (tertiary alicyclic amines) is 1. The molecule has 1 aromatic carbocycles. The van der Waals surface area contributed by atoms with Crippen LogP contribution in [-0.4, -0.2) is 24.5 Å². The molecule has 0 bridgehead atoms. The third-order valence-corrected chi connectivity index (χ3v) is 3.97. The number of hydrogen-bond donors (Lipinski definition) is 1. The number of benzene rings is 1. The lowest BCUT2D eigenvalue weighted by Crippen LogP contribution is -2.22. The van der Waals surface area contributed by atoms with E-state index in [1.807, 2.05) is 12.1 Å². The predicted molar refractivity (Wildman–Crippen MR) is 71.6 cm³/mol. The van der Waals surface area contributed by atoms with E-state index in [9.17, 15) is 0 Å². The Kier molecular flexibility index (Phi) is 4.25. The first-order valence-electron chi connectivity index (χ1n) is 5.55. The summed E-state index contributed by atoms with van der Waals surface area (Å²) in [5, 5.41) is 0.847. The Morgan fingerprint density at radius 2 is 2.31 bits per heavy atom. The first-order chi connectivity index (χ1) is 7.69. The second kappa shape index (κ2) is 5.50. The minimum absolute atomic E-state index is 0.658. The fourth-order valence-electron chi connectivity index (χ4n) is 2.15. The largest absolute Gasteiger partial charge is 0.330 e. The molecule has 2 N–H and O–H groups in total. The van der Waals surface area contributed by atoms with E-state index in [2.05, 4.69) is 26.9 Å². The maximum absolute atomic E-state index is 6.17. The Labute approximate surface area is 110 Å². The van der Waals surface area contributed by atoms with Crippen LogP contribution in [0, 0.1) is 5.92 Å². The molecular weight excluding hydrogens is 288 g/mol. The molecule has 0 aromatic heterocycles. The molecule has 1 aliphatic rings. The summed E-state index contributed by atoms with van der Waals surface area (Å²) in [6.45, 7) is 3.95. The second-order valence-corrected chi connectivity index (χ2v) is 5.68. The van der Waals surface area contributed by atoms with Crippen LogP contribution in [0.25, 0.3) is 0 Å². The van der Waals surface area contributed by atoms with Gasteiger partial charge in [0.2, 0.25) is 0 Å². The van der Waals surface area contributed by atoms with Gasteiger partial charge in [0, 0.05) is 22.6 Å². The lowest BCUT2D eigenvalue weighted by molar-refractivity contribution is 0.318. The zero-order chi connectivity index (χ0) is 11.5. The highest BCUT2D eigenvalue weighted by molar-refractivity contribution is 9.10. The number of halogens is 2. The minimum Gasteiger partial charge on any atom is -0.330 e. The van der Waals surface area contributed by atoms with Gasteiger partial charge in [-0.3, -0.25) is 4.90 Å². The molecule has 1 unspecified atom stereocenters. The lowest BCUT2D eigenvalue weighted by Gasteiger charge is -2.16.